The van der Waals surface area contributed by atoms with Crippen LogP contribution in [0.3, 0.4) is 0 Å². The Kier molecular flexibility index (Phi) is 4.58. The predicted octanol–water partition coefficient (Wildman–Crippen LogP) is 1.75. The van der Waals surface area contributed by atoms with E-state index in [0.717, 1.165) is 50.7 Å². The van der Waals surface area contributed by atoms with E-state index in [1.54, 1.807) is 13.0 Å². The number of rotatable bonds is 2. The first-order valence-electron chi connectivity index (χ1n) is 6.64. The Morgan fingerprint density at radius 1 is 1.32 bits per heavy atom. The standard InChI is InChI=1S/C13H19ClN4O/c1-3-12-15-11(14)9-13(16-12)18-6-4-5-17(7-8-18)10(2)19/h9H,3-8H2,1-2H3. The van der Waals surface area contributed by atoms with Crippen LogP contribution in [0.25, 0.3) is 0 Å². The van der Waals surface area contributed by atoms with Crippen molar-refractivity contribution in [3.63, 3.8) is 0 Å². The van der Waals surface area contributed by atoms with Crippen LogP contribution in [0.4, 0.5) is 5.82 Å². The van der Waals surface area contributed by atoms with E-state index >= 15 is 0 Å². The lowest BCUT2D eigenvalue weighted by atomic mass is 10.3. The third kappa shape index (κ3) is 3.56. The van der Waals surface area contributed by atoms with Gasteiger partial charge >= 0.3 is 0 Å². The maximum absolute atomic E-state index is 11.4. The van der Waals surface area contributed by atoms with Gasteiger partial charge in [-0.25, -0.2) is 9.97 Å². The minimum Gasteiger partial charge on any atom is -0.355 e. The molecule has 0 saturated carbocycles. The fraction of sp³-hybridized carbons (Fsp3) is 0.615. The van der Waals surface area contributed by atoms with Crippen molar-refractivity contribution in [2.45, 2.75) is 26.7 Å². The SMILES string of the molecule is CCc1nc(Cl)cc(N2CCCN(C(C)=O)CC2)n1. The van der Waals surface area contributed by atoms with Crippen molar-refractivity contribution in [3.05, 3.63) is 17.0 Å². The largest absolute Gasteiger partial charge is 0.355 e. The molecule has 19 heavy (non-hydrogen) atoms. The third-order valence-electron chi connectivity index (χ3n) is 3.31. The molecule has 0 atom stereocenters. The number of carbonyl (C=O) groups excluding carboxylic acids is 1. The molecule has 0 aromatic carbocycles. The molecule has 2 heterocycles. The van der Waals surface area contributed by atoms with Crippen LogP contribution in [0.15, 0.2) is 6.07 Å². The molecule has 1 aromatic heterocycles. The maximum Gasteiger partial charge on any atom is 0.219 e. The molecule has 1 aromatic rings. The highest BCUT2D eigenvalue weighted by atomic mass is 35.5. The van der Waals surface area contributed by atoms with Gasteiger partial charge in [-0.15, -0.1) is 0 Å². The molecular formula is C13H19ClN4O. The van der Waals surface area contributed by atoms with E-state index in [4.69, 9.17) is 11.6 Å². The highest BCUT2D eigenvalue weighted by Gasteiger charge is 2.18. The zero-order valence-corrected chi connectivity index (χ0v) is 12.2. The molecule has 0 N–H and O–H groups in total. The van der Waals surface area contributed by atoms with E-state index in [-0.39, 0.29) is 5.91 Å². The summed E-state index contributed by atoms with van der Waals surface area (Å²) in [5, 5.41) is 0.481. The molecule has 1 amide bonds. The molecule has 104 valence electrons. The van der Waals surface area contributed by atoms with Gasteiger partial charge in [-0.2, -0.15) is 0 Å². The zero-order chi connectivity index (χ0) is 13.8. The molecule has 0 spiro atoms. The average Bonchev–Trinajstić information content (AvgIpc) is 2.63. The van der Waals surface area contributed by atoms with Crippen molar-refractivity contribution in [2.75, 3.05) is 31.1 Å². The van der Waals surface area contributed by atoms with Crippen LogP contribution in [-0.4, -0.2) is 47.0 Å². The maximum atomic E-state index is 11.4. The molecule has 2 rings (SSSR count). The molecule has 1 aliphatic rings. The van der Waals surface area contributed by atoms with E-state index in [1.165, 1.54) is 0 Å². The van der Waals surface area contributed by atoms with Crippen molar-refractivity contribution in [1.82, 2.24) is 14.9 Å². The fourth-order valence-corrected chi connectivity index (χ4v) is 2.43. The number of amides is 1. The average molecular weight is 283 g/mol. The van der Waals surface area contributed by atoms with Crippen LogP contribution in [0.2, 0.25) is 5.15 Å². The zero-order valence-electron chi connectivity index (χ0n) is 11.4. The van der Waals surface area contributed by atoms with E-state index in [9.17, 15) is 4.79 Å². The summed E-state index contributed by atoms with van der Waals surface area (Å²) in [5.74, 6) is 1.76. The number of halogens is 1. The normalized spacial score (nSPS) is 16.4. The second kappa shape index (κ2) is 6.19. The Morgan fingerprint density at radius 2 is 2.11 bits per heavy atom. The van der Waals surface area contributed by atoms with Crippen molar-refractivity contribution >= 4 is 23.3 Å². The summed E-state index contributed by atoms with van der Waals surface area (Å²) >= 11 is 6.03. The molecule has 1 aliphatic heterocycles. The van der Waals surface area contributed by atoms with Crippen LogP contribution in [-0.2, 0) is 11.2 Å². The number of hydrogen-bond donors (Lipinski definition) is 0. The van der Waals surface area contributed by atoms with E-state index < -0.39 is 0 Å². The predicted molar refractivity (Wildman–Crippen MR) is 75.5 cm³/mol. The number of aromatic nitrogens is 2. The van der Waals surface area contributed by atoms with Crippen LogP contribution in [0, 0.1) is 0 Å². The molecule has 1 fully saturated rings. The molecule has 1 saturated heterocycles. The topological polar surface area (TPSA) is 49.3 Å². The fourth-order valence-electron chi connectivity index (χ4n) is 2.23. The van der Waals surface area contributed by atoms with Gasteiger partial charge in [-0.1, -0.05) is 18.5 Å². The summed E-state index contributed by atoms with van der Waals surface area (Å²) in [5.41, 5.74) is 0. The van der Waals surface area contributed by atoms with Gasteiger partial charge in [-0.05, 0) is 6.42 Å². The lowest BCUT2D eigenvalue weighted by molar-refractivity contribution is -0.128. The minimum absolute atomic E-state index is 0.136. The molecule has 0 unspecified atom stereocenters. The first-order chi connectivity index (χ1) is 9.10. The molecule has 6 heteroatoms. The molecule has 0 aliphatic carbocycles. The van der Waals surface area contributed by atoms with Gasteiger partial charge in [0.25, 0.3) is 0 Å². The molecule has 0 bridgehead atoms. The molecule has 0 radical (unpaired) electrons. The van der Waals surface area contributed by atoms with Crippen LogP contribution in [0.1, 0.15) is 26.1 Å². The van der Waals surface area contributed by atoms with Crippen LogP contribution in [0.5, 0.6) is 0 Å². The number of anilines is 1. The van der Waals surface area contributed by atoms with Gasteiger partial charge in [0, 0.05) is 45.6 Å². The van der Waals surface area contributed by atoms with Crippen molar-refractivity contribution in [3.8, 4) is 0 Å². The Hall–Kier alpha value is -1.36. The summed E-state index contributed by atoms with van der Waals surface area (Å²) in [6, 6.07) is 1.80. The quantitative estimate of drug-likeness (QED) is 0.776. The first kappa shape index (κ1) is 14.1. The molecular weight excluding hydrogens is 264 g/mol. The van der Waals surface area contributed by atoms with Crippen molar-refractivity contribution < 1.29 is 4.79 Å². The second-order valence-corrected chi connectivity index (χ2v) is 5.05. The highest BCUT2D eigenvalue weighted by Crippen LogP contribution is 2.18. The second-order valence-electron chi connectivity index (χ2n) is 4.67. The van der Waals surface area contributed by atoms with E-state index in [1.807, 2.05) is 11.8 Å². The minimum atomic E-state index is 0.136. The van der Waals surface area contributed by atoms with E-state index in [0.29, 0.717) is 5.15 Å². The summed E-state index contributed by atoms with van der Waals surface area (Å²) in [6.07, 6.45) is 1.71. The number of hydrogen-bond acceptors (Lipinski definition) is 4. The monoisotopic (exact) mass is 282 g/mol. The summed E-state index contributed by atoms with van der Waals surface area (Å²) < 4.78 is 0. The number of aryl methyl sites for hydroxylation is 1. The smallest absolute Gasteiger partial charge is 0.219 e. The van der Waals surface area contributed by atoms with E-state index in [2.05, 4.69) is 14.9 Å². The summed E-state index contributed by atoms with van der Waals surface area (Å²) in [4.78, 5) is 24.2. The Bertz CT molecular complexity index is 466. The Labute approximate surface area is 118 Å². The van der Waals surface area contributed by atoms with Crippen LogP contribution >= 0.6 is 11.6 Å². The van der Waals surface area contributed by atoms with Gasteiger partial charge in [0.1, 0.15) is 16.8 Å². The summed E-state index contributed by atoms with van der Waals surface area (Å²) in [7, 11) is 0. The lowest BCUT2D eigenvalue weighted by Gasteiger charge is -2.22. The van der Waals surface area contributed by atoms with Gasteiger partial charge in [-0.3, -0.25) is 4.79 Å². The van der Waals surface area contributed by atoms with Crippen LogP contribution < -0.4 is 4.90 Å². The number of nitrogens with zero attached hydrogens (tertiary/aromatic N) is 4. The number of carbonyl (C=O) groups is 1. The van der Waals surface area contributed by atoms with Gasteiger partial charge < -0.3 is 9.80 Å². The third-order valence-corrected chi connectivity index (χ3v) is 3.50. The Balaban J connectivity index is 2.13. The van der Waals surface area contributed by atoms with Crippen molar-refractivity contribution in [1.29, 1.82) is 0 Å². The molecule has 5 nitrogen and oxygen atoms in total. The highest BCUT2D eigenvalue weighted by molar-refractivity contribution is 6.29. The first-order valence-corrected chi connectivity index (χ1v) is 7.02. The summed E-state index contributed by atoms with van der Waals surface area (Å²) in [6.45, 7) is 6.85. The van der Waals surface area contributed by atoms with Gasteiger partial charge in [0.15, 0.2) is 0 Å². The lowest BCUT2D eigenvalue weighted by Crippen LogP contribution is -2.34. The van der Waals surface area contributed by atoms with Gasteiger partial charge in [0.2, 0.25) is 5.91 Å². The van der Waals surface area contributed by atoms with Gasteiger partial charge in [0.05, 0.1) is 0 Å². The Morgan fingerprint density at radius 3 is 2.79 bits per heavy atom. The van der Waals surface area contributed by atoms with Crippen molar-refractivity contribution in [2.24, 2.45) is 0 Å².